The summed E-state index contributed by atoms with van der Waals surface area (Å²) in [4.78, 5) is 28.6. The van der Waals surface area contributed by atoms with E-state index in [1.54, 1.807) is 36.4 Å². The Labute approximate surface area is 197 Å². The molecule has 2 aliphatic rings. The minimum Gasteiger partial charge on any atom is -0.489 e. The van der Waals surface area contributed by atoms with Crippen molar-refractivity contribution in [3.8, 4) is 17.2 Å². The van der Waals surface area contributed by atoms with Crippen LogP contribution in [-0.4, -0.2) is 24.7 Å². The number of hydrogen-bond acceptors (Lipinski definition) is 6. The maximum absolute atomic E-state index is 13.7. The highest BCUT2D eigenvalue weighted by Crippen LogP contribution is 2.40. The first kappa shape index (κ1) is 21.6. The van der Waals surface area contributed by atoms with Gasteiger partial charge in [-0.15, -0.1) is 0 Å². The first-order valence-electron chi connectivity index (χ1n) is 11.0. The number of anilines is 2. The molecule has 2 heterocycles. The number of carbonyl (C=O) groups excluding carboxylic acids is 2. The fourth-order valence-corrected chi connectivity index (χ4v) is 3.97. The fraction of sp³-hybridized carbons (Fsp3) is 0.185. The van der Waals surface area contributed by atoms with Gasteiger partial charge in [-0.05, 0) is 50.6 Å². The van der Waals surface area contributed by atoms with Crippen molar-refractivity contribution in [1.29, 1.82) is 0 Å². The highest BCUT2D eigenvalue weighted by atomic mass is 16.7. The predicted octanol–water partition coefficient (Wildman–Crippen LogP) is 4.91. The summed E-state index contributed by atoms with van der Waals surface area (Å²) in [6.07, 6.45) is -0.121. The molecule has 3 aromatic carbocycles. The molecule has 0 saturated heterocycles. The second-order valence-corrected chi connectivity index (χ2v) is 8.39. The summed E-state index contributed by atoms with van der Waals surface area (Å²) in [6.45, 7) is 5.91. The number of imide groups is 1. The van der Waals surface area contributed by atoms with E-state index < -0.39 is 11.8 Å². The van der Waals surface area contributed by atoms with Crippen molar-refractivity contribution in [2.24, 2.45) is 0 Å². The number of hydrogen-bond donors (Lipinski definition) is 1. The molecule has 3 aromatic rings. The third-order valence-electron chi connectivity index (χ3n) is 5.53. The number of amides is 2. The Morgan fingerprint density at radius 2 is 1.65 bits per heavy atom. The number of nitrogens with one attached hydrogen (secondary N) is 1. The van der Waals surface area contributed by atoms with Gasteiger partial charge in [0.05, 0.1) is 17.4 Å². The first-order chi connectivity index (χ1) is 16.4. The van der Waals surface area contributed by atoms with Crippen molar-refractivity contribution in [3.05, 3.63) is 83.6 Å². The Kier molecular flexibility index (Phi) is 5.45. The summed E-state index contributed by atoms with van der Waals surface area (Å²) >= 11 is 0. The van der Waals surface area contributed by atoms with Crippen LogP contribution >= 0.6 is 0 Å². The molecule has 172 valence electrons. The van der Waals surface area contributed by atoms with Crippen molar-refractivity contribution < 1.29 is 23.8 Å². The molecular formula is C27H24N2O5. The molecule has 0 unspecified atom stereocenters. The molecule has 0 radical (unpaired) electrons. The van der Waals surface area contributed by atoms with E-state index in [0.29, 0.717) is 39.8 Å². The summed E-state index contributed by atoms with van der Waals surface area (Å²) in [7, 11) is 0. The normalized spacial score (nSPS) is 14.9. The van der Waals surface area contributed by atoms with E-state index in [1.165, 1.54) is 4.90 Å². The largest absolute Gasteiger partial charge is 0.489 e. The predicted molar refractivity (Wildman–Crippen MR) is 129 cm³/mol. The molecular weight excluding hydrogens is 432 g/mol. The average Bonchev–Trinajstić information content (AvgIpc) is 3.37. The van der Waals surface area contributed by atoms with E-state index >= 15 is 0 Å². The van der Waals surface area contributed by atoms with Crippen LogP contribution in [0.4, 0.5) is 11.4 Å². The highest BCUT2D eigenvalue weighted by Gasteiger charge is 2.41. The van der Waals surface area contributed by atoms with E-state index in [4.69, 9.17) is 14.2 Å². The Bertz CT molecular complexity index is 1310. The van der Waals surface area contributed by atoms with Gasteiger partial charge in [0.1, 0.15) is 11.4 Å². The number of nitrogens with zero attached hydrogens (tertiary/aromatic N) is 1. The van der Waals surface area contributed by atoms with Crippen molar-refractivity contribution >= 4 is 28.8 Å². The molecule has 2 aliphatic heterocycles. The molecule has 5 rings (SSSR count). The molecule has 2 amide bonds. The zero-order valence-corrected chi connectivity index (χ0v) is 19.1. The van der Waals surface area contributed by atoms with Crippen LogP contribution in [0.5, 0.6) is 17.2 Å². The molecule has 0 atom stereocenters. The lowest BCUT2D eigenvalue weighted by Gasteiger charge is -2.20. The van der Waals surface area contributed by atoms with Gasteiger partial charge in [0.15, 0.2) is 11.5 Å². The molecule has 0 saturated carbocycles. The average molecular weight is 456 g/mol. The zero-order chi connectivity index (χ0) is 23.8. The summed E-state index contributed by atoms with van der Waals surface area (Å²) in [5.41, 5.74) is 3.20. The summed E-state index contributed by atoms with van der Waals surface area (Å²) in [6, 6.07) is 19.9. The first-order valence-corrected chi connectivity index (χ1v) is 11.0. The van der Waals surface area contributed by atoms with Crippen LogP contribution in [0, 0.1) is 6.92 Å². The minimum absolute atomic E-state index is 0.121. The minimum atomic E-state index is -0.460. The monoisotopic (exact) mass is 456 g/mol. The molecule has 0 fully saturated rings. The number of benzene rings is 3. The van der Waals surface area contributed by atoms with Gasteiger partial charge in [-0.25, -0.2) is 4.90 Å². The second kappa shape index (κ2) is 8.59. The summed E-state index contributed by atoms with van der Waals surface area (Å²) in [5.74, 6) is 0.794. The second-order valence-electron chi connectivity index (χ2n) is 8.39. The molecule has 7 heteroatoms. The summed E-state index contributed by atoms with van der Waals surface area (Å²) in [5, 5.41) is 3.17. The van der Waals surface area contributed by atoms with Crippen LogP contribution in [-0.2, 0) is 9.59 Å². The molecule has 7 nitrogen and oxygen atoms in total. The fourth-order valence-electron chi connectivity index (χ4n) is 3.97. The topological polar surface area (TPSA) is 77.1 Å². The van der Waals surface area contributed by atoms with Gasteiger partial charge in [-0.3, -0.25) is 9.59 Å². The lowest BCUT2D eigenvalue weighted by atomic mass is 10.0. The number of fused-ring (bicyclic) bond motifs is 1. The van der Waals surface area contributed by atoms with Crippen molar-refractivity contribution in [1.82, 2.24) is 0 Å². The Balaban J connectivity index is 1.59. The van der Waals surface area contributed by atoms with Crippen LogP contribution in [0.2, 0.25) is 0 Å². The van der Waals surface area contributed by atoms with Gasteiger partial charge < -0.3 is 19.5 Å². The Hall–Kier alpha value is -4.26. The Morgan fingerprint density at radius 3 is 2.41 bits per heavy atom. The van der Waals surface area contributed by atoms with Crippen molar-refractivity contribution in [3.63, 3.8) is 0 Å². The van der Waals surface area contributed by atoms with Crippen molar-refractivity contribution in [2.75, 3.05) is 17.0 Å². The lowest BCUT2D eigenvalue weighted by Crippen LogP contribution is -2.33. The molecule has 0 aromatic heterocycles. The van der Waals surface area contributed by atoms with Gasteiger partial charge in [0, 0.05) is 11.8 Å². The molecule has 1 N–H and O–H groups in total. The van der Waals surface area contributed by atoms with Crippen LogP contribution in [0.15, 0.2) is 72.4 Å². The maximum Gasteiger partial charge on any atom is 0.282 e. The van der Waals surface area contributed by atoms with Gasteiger partial charge in [0.25, 0.3) is 11.8 Å². The van der Waals surface area contributed by atoms with Gasteiger partial charge in [0.2, 0.25) is 6.79 Å². The van der Waals surface area contributed by atoms with E-state index in [0.717, 1.165) is 5.56 Å². The number of rotatable bonds is 6. The van der Waals surface area contributed by atoms with Gasteiger partial charge >= 0.3 is 0 Å². The number of ether oxygens (including phenoxy) is 3. The lowest BCUT2D eigenvalue weighted by molar-refractivity contribution is -0.120. The van der Waals surface area contributed by atoms with E-state index in [1.807, 2.05) is 51.1 Å². The summed E-state index contributed by atoms with van der Waals surface area (Å²) < 4.78 is 16.7. The number of para-hydroxylation sites is 2. The van der Waals surface area contributed by atoms with Crippen LogP contribution < -0.4 is 24.4 Å². The highest BCUT2D eigenvalue weighted by molar-refractivity contribution is 6.46. The van der Waals surface area contributed by atoms with Gasteiger partial charge in [-0.2, -0.15) is 0 Å². The SMILES string of the molecule is Cc1ccc(C2=C(Nc3ccc4c(c3)OCO4)C(=O)N(c3ccccc3OC(C)C)C2=O)cc1. The molecule has 0 spiro atoms. The third-order valence-corrected chi connectivity index (χ3v) is 5.53. The van der Waals surface area contributed by atoms with Crippen molar-refractivity contribution in [2.45, 2.75) is 26.9 Å². The van der Waals surface area contributed by atoms with E-state index in [9.17, 15) is 9.59 Å². The standard InChI is InChI=1S/C27H24N2O5/c1-16(2)34-21-7-5-4-6-20(21)29-26(30)24(18-10-8-17(3)9-11-18)25(27(29)31)28-19-12-13-22-23(14-19)33-15-32-22/h4-14,16,28H,15H2,1-3H3. The van der Waals surface area contributed by atoms with Gasteiger partial charge in [-0.1, -0.05) is 42.0 Å². The van der Waals surface area contributed by atoms with E-state index in [-0.39, 0.29) is 18.6 Å². The van der Waals surface area contributed by atoms with E-state index in [2.05, 4.69) is 5.32 Å². The number of aryl methyl sites for hydroxylation is 1. The number of carbonyl (C=O) groups is 2. The van der Waals surface area contributed by atoms with Crippen LogP contribution in [0.25, 0.3) is 5.57 Å². The quantitative estimate of drug-likeness (QED) is 0.532. The third kappa shape index (κ3) is 3.85. The zero-order valence-electron chi connectivity index (χ0n) is 19.1. The van der Waals surface area contributed by atoms with Crippen LogP contribution in [0.1, 0.15) is 25.0 Å². The molecule has 34 heavy (non-hydrogen) atoms. The molecule has 0 aliphatic carbocycles. The molecule has 0 bridgehead atoms. The van der Waals surface area contributed by atoms with Crippen LogP contribution in [0.3, 0.4) is 0 Å². The Morgan fingerprint density at radius 1 is 0.912 bits per heavy atom. The maximum atomic E-state index is 13.7. The smallest absolute Gasteiger partial charge is 0.282 e.